The van der Waals surface area contributed by atoms with Crippen LogP contribution in [0.1, 0.15) is 17.5 Å². The smallest absolute Gasteiger partial charge is 0.325 e. The van der Waals surface area contributed by atoms with Crippen molar-refractivity contribution in [1.29, 1.82) is 0 Å². The van der Waals surface area contributed by atoms with E-state index in [-0.39, 0.29) is 0 Å². The zero-order chi connectivity index (χ0) is 15.6. The van der Waals surface area contributed by atoms with Gasteiger partial charge in [-0.3, -0.25) is 14.4 Å². The van der Waals surface area contributed by atoms with Crippen molar-refractivity contribution >= 4 is 5.97 Å². The number of likely N-dealkylation sites (tertiary alicyclic amines) is 1. The lowest BCUT2D eigenvalue weighted by atomic mass is 10.0. The first-order chi connectivity index (χ1) is 10.5. The van der Waals surface area contributed by atoms with Gasteiger partial charge in [0, 0.05) is 32.0 Å². The summed E-state index contributed by atoms with van der Waals surface area (Å²) in [6.07, 6.45) is 4.19. The lowest BCUT2D eigenvalue weighted by Crippen LogP contribution is -2.50. The van der Waals surface area contributed by atoms with Gasteiger partial charge in [-0.15, -0.1) is 0 Å². The van der Waals surface area contributed by atoms with Crippen LogP contribution >= 0.6 is 0 Å². The normalized spacial score (nSPS) is 22.0. The molecule has 3 N–H and O–H groups in total. The van der Waals surface area contributed by atoms with Gasteiger partial charge < -0.3 is 10.8 Å². The third-order valence-corrected chi connectivity index (χ3v) is 4.11. The summed E-state index contributed by atoms with van der Waals surface area (Å²) in [4.78, 5) is 13.3. The molecule has 1 atom stereocenters. The largest absolute Gasteiger partial charge is 0.480 e. The van der Waals surface area contributed by atoms with Crippen LogP contribution in [0, 0.1) is 0 Å². The number of carbonyl (C=O) groups is 1. The minimum Gasteiger partial charge on any atom is -0.480 e. The molecule has 0 spiro atoms. The van der Waals surface area contributed by atoms with Crippen molar-refractivity contribution in [2.45, 2.75) is 25.0 Å². The van der Waals surface area contributed by atoms with Gasteiger partial charge in [-0.05, 0) is 23.6 Å². The third-order valence-electron chi connectivity index (χ3n) is 4.11. The van der Waals surface area contributed by atoms with Crippen molar-refractivity contribution in [1.82, 2.24) is 14.7 Å². The number of nitrogens with zero attached hydrogens (tertiary/aromatic N) is 3. The molecule has 1 unspecified atom stereocenters. The van der Waals surface area contributed by atoms with Crippen molar-refractivity contribution < 1.29 is 9.90 Å². The van der Waals surface area contributed by atoms with Crippen LogP contribution in [-0.4, -0.2) is 44.4 Å². The second-order valence-corrected chi connectivity index (χ2v) is 5.95. The van der Waals surface area contributed by atoms with Crippen LogP contribution in [0.3, 0.4) is 0 Å². The number of hydrogen-bond acceptors (Lipinski definition) is 4. The van der Waals surface area contributed by atoms with E-state index in [1.807, 2.05) is 23.0 Å². The molecular weight excluding hydrogens is 280 g/mol. The van der Waals surface area contributed by atoms with Crippen LogP contribution in [0.25, 0.3) is 0 Å². The highest BCUT2D eigenvalue weighted by molar-refractivity contribution is 5.79. The van der Waals surface area contributed by atoms with E-state index in [2.05, 4.69) is 28.2 Å². The van der Waals surface area contributed by atoms with E-state index in [4.69, 9.17) is 5.73 Å². The number of carboxylic acids is 1. The molecule has 1 aromatic carbocycles. The number of nitrogens with two attached hydrogens (primary N) is 1. The molecule has 3 rings (SSSR count). The zero-order valence-corrected chi connectivity index (χ0v) is 12.4. The van der Waals surface area contributed by atoms with Gasteiger partial charge in [0.1, 0.15) is 5.54 Å². The van der Waals surface area contributed by atoms with Crippen molar-refractivity contribution in [3.05, 3.63) is 53.9 Å². The van der Waals surface area contributed by atoms with Crippen LogP contribution in [0.2, 0.25) is 0 Å². The Kier molecular flexibility index (Phi) is 3.96. The van der Waals surface area contributed by atoms with Gasteiger partial charge in [-0.2, -0.15) is 5.10 Å². The van der Waals surface area contributed by atoms with Gasteiger partial charge >= 0.3 is 5.97 Å². The van der Waals surface area contributed by atoms with Crippen molar-refractivity contribution in [2.24, 2.45) is 5.73 Å². The van der Waals surface area contributed by atoms with E-state index >= 15 is 0 Å². The average Bonchev–Trinajstić information content (AvgIpc) is 3.10. The first kappa shape index (κ1) is 14.7. The van der Waals surface area contributed by atoms with Gasteiger partial charge in [-0.1, -0.05) is 24.3 Å². The first-order valence-corrected chi connectivity index (χ1v) is 7.35. The maximum Gasteiger partial charge on any atom is 0.325 e. The quantitative estimate of drug-likeness (QED) is 0.858. The van der Waals surface area contributed by atoms with Crippen LogP contribution in [0.5, 0.6) is 0 Å². The highest BCUT2D eigenvalue weighted by Crippen LogP contribution is 2.21. The molecule has 116 valence electrons. The predicted molar refractivity (Wildman–Crippen MR) is 82.2 cm³/mol. The molecule has 1 aliphatic heterocycles. The molecule has 2 aromatic rings. The van der Waals surface area contributed by atoms with Gasteiger partial charge in [0.05, 0.1) is 6.54 Å². The maximum absolute atomic E-state index is 11.2. The Labute approximate surface area is 129 Å². The van der Waals surface area contributed by atoms with E-state index in [9.17, 15) is 9.90 Å². The molecule has 0 bridgehead atoms. The molecule has 1 saturated heterocycles. The monoisotopic (exact) mass is 300 g/mol. The second kappa shape index (κ2) is 5.90. The van der Waals surface area contributed by atoms with Crippen LogP contribution in [0.15, 0.2) is 42.7 Å². The summed E-state index contributed by atoms with van der Waals surface area (Å²) in [6, 6.07) is 10.2. The number of aromatic nitrogens is 2. The number of benzene rings is 1. The summed E-state index contributed by atoms with van der Waals surface area (Å²) in [5.41, 5.74) is 7.15. The molecule has 0 radical (unpaired) electrons. The summed E-state index contributed by atoms with van der Waals surface area (Å²) < 4.78 is 1.88. The summed E-state index contributed by atoms with van der Waals surface area (Å²) in [5, 5.41) is 13.4. The summed E-state index contributed by atoms with van der Waals surface area (Å²) in [5.74, 6) is -0.914. The molecule has 0 aliphatic carbocycles. The van der Waals surface area contributed by atoms with Gasteiger partial charge in [0.15, 0.2) is 0 Å². The Bertz CT molecular complexity index is 656. The summed E-state index contributed by atoms with van der Waals surface area (Å²) >= 11 is 0. The van der Waals surface area contributed by atoms with Crippen molar-refractivity contribution in [3.8, 4) is 0 Å². The molecule has 6 heteroatoms. The summed E-state index contributed by atoms with van der Waals surface area (Å²) in [6.45, 7) is 2.56. The van der Waals surface area contributed by atoms with Gasteiger partial charge in [0.25, 0.3) is 0 Å². The van der Waals surface area contributed by atoms with E-state index in [1.54, 1.807) is 6.20 Å². The van der Waals surface area contributed by atoms with Crippen LogP contribution in [-0.2, 0) is 17.9 Å². The lowest BCUT2D eigenvalue weighted by molar-refractivity contribution is -0.142. The van der Waals surface area contributed by atoms with E-state index in [0.717, 1.165) is 13.1 Å². The van der Waals surface area contributed by atoms with E-state index in [0.29, 0.717) is 19.5 Å². The van der Waals surface area contributed by atoms with Gasteiger partial charge in [0.2, 0.25) is 0 Å². The molecule has 0 amide bonds. The Morgan fingerprint density at radius 1 is 1.32 bits per heavy atom. The fourth-order valence-corrected chi connectivity index (χ4v) is 2.89. The van der Waals surface area contributed by atoms with Crippen molar-refractivity contribution in [2.75, 3.05) is 13.1 Å². The topological polar surface area (TPSA) is 84.4 Å². The number of carboxylic acid groups (broad SMARTS) is 1. The first-order valence-electron chi connectivity index (χ1n) is 7.35. The zero-order valence-electron chi connectivity index (χ0n) is 12.4. The second-order valence-electron chi connectivity index (χ2n) is 5.95. The Morgan fingerprint density at radius 3 is 2.73 bits per heavy atom. The molecule has 6 nitrogen and oxygen atoms in total. The molecule has 22 heavy (non-hydrogen) atoms. The highest BCUT2D eigenvalue weighted by atomic mass is 16.4. The van der Waals surface area contributed by atoms with E-state index < -0.39 is 11.5 Å². The van der Waals surface area contributed by atoms with Crippen molar-refractivity contribution in [3.63, 3.8) is 0 Å². The number of hydrogen-bond donors (Lipinski definition) is 2. The average molecular weight is 300 g/mol. The number of rotatable bonds is 5. The minimum atomic E-state index is -1.10. The standard InChI is InChI=1S/C16H20N4O2/c17-16(15(21)22)5-8-19(12-16)10-13-3-1-4-14(9-13)11-20-7-2-6-18-20/h1-4,6-7,9H,5,8,10-12,17H2,(H,21,22). The van der Waals surface area contributed by atoms with Gasteiger partial charge in [-0.25, -0.2) is 0 Å². The van der Waals surface area contributed by atoms with Crippen LogP contribution in [0.4, 0.5) is 0 Å². The highest BCUT2D eigenvalue weighted by Gasteiger charge is 2.40. The molecule has 2 heterocycles. The SMILES string of the molecule is NC1(C(=O)O)CCN(Cc2cccc(Cn3cccn3)c2)C1. The van der Waals surface area contributed by atoms with E-state index in [1.165, 1.54) is 11.1 Å². The molecule has 1 aromatic heterocycles. The fraction of sp³-hybridized carbons (Fsp3) is 0.375. The predicted octanol–water partition coefficient (Wildman–Crippen LogP) is 0.919. The molecule has 1 aliphatic rings. The molecule has 1 fully saturated rings. The maximum atomic E-state index is 11.2. The Morgan fingerprint density at radius 2 is 2.09 bits per heavy atom. The minimum absolute atomic E-state index is 0.395. The summed E-state index contributed by atoms with van der Waals surface area (Å²) in [7, 11) is 0. The van der Waals surface area contributed by atoms with Crippen LogP contribution < -0.4 is 5.73 Å². The molecule has 0 saturated carbocycles. The fourth-order valence-electron chi connectivity index (χ4n) is 2.89. The molecular formula is C16H20N4O2. The lowest BCUT2D eigenvalue weighted by Gasteiger charge is -2.20. The third kappa shape index (κ3) is 3.18. The Balaban J connectivity index is 1.65. The Hall–Kier alpha value is -2.18. The number of aliphatic carboxylic acids is 1.